The minimum Gasteiger partial charge on any atom is -0.293 e. The number of aromatic nitrogens is 1. The first-order valence-electron chi connectivity index (χ1n) is 9.13. The minimum absolute atomic E-state index is 0.0136. The Morgan fingerprint density at radius 1 is 1.10 bits per heavy atom. The van der Waals surface area contributed by atoms with Crippen molar-refractivity contribution < 1.29 is 8.42 Å². The number of nitrogens with zero attached hydrogens (tertiary/aromatic N) is 2. The van der Waals surface area contributed by atoms with Gasteiger partial charge in [-0.1, -0.05) is 53.6 Å². The molecule has 3 rings (SSSR count). The van der Waals surface area contributed by atoms with E-state index in [1.807, 2.05) is 44.2 Å². The second-order valence-electron chi connectivity index (χ2n) is 6.79. The number of rotatable bonds is 5. The Balaban J connectivity index is 2.34. The fraction of sp³-hybridized carbons (Fsp3) is 0.130. The van der Waals surface area contributed by atoms with Gasteiger partial charge in [-0.05, 0) is 37.6 Å². The molecule has 0 aliphatic heterocycles. The van der Waals surface area contributed by atoms with E-state index in [0.29, 0.717) is 4.53 Å². The van der Waals surface area contributed by atoms with Crippen LogP contribution in [0.4, 0.5) is 0 Å². The van der Waals surface area contributed by atoms with Crippen molar-refractivity contribution in [3.05, 3.63) is 97.4 Å². The summed E-state index contributed by atoms with van der Waals surface area (Å²) in [7, 11) is -4.09. The Morgan fingerprint density at radius 2 is 1.67 bits per heavy atom. The van der Waals surface area contributed by atoms with Gasteiger partial charge >= 0.3 is 0 Å². The third-order valence-electron chi connectivity index (χ3n) is 4.49. The molecular formula is C23H20N2O3S2. The normalized spacial score (nSPS) is 13.0. The number of allylic oxidation sites excluding steroid dienone is 1. The van der Waals surface area contributed by atoms with Crippen molar-refractivity contribution in [3.8, 4) is 6.07 Å². The van der Waals surface area contributed by atoms with Crippen LogP contribution in [-0.4, -0.2) is 13.0 Å². The standard InChI is InChI=1S/C23H20N2O3S2/c1-4-13-25-22(26)20(14-18-9-5-16(2)6-10-18)29-23(25)21(15-24)30(27,28)19-11-7-17(3)8-12-19/h4-12,14H,1,13H2,2-3H3/b20-14-,23-21-. The molecule has 0 radical (unpaired) electrons. The van der Waals surface area contributed by atoms with Gasteiger partial charge in [0, 0.05) is 6.54 Å². The molecule has 0 aliphatic rings. The first-order valence-corrected chi connectivity index (χ1v) is 11.4. The third kappa shape index (κ3) is 4.20. The van der Waals surface area contributed by atoms with Gasteiger partial charge in [0.1, 0.15) is 10.7 Å². The summed E-state index contributed by atoms with van der Waals surface area (Å²) in [4.78, 5) is 12.5. The molecule has 1 heterocycles. The van der Waals surface area contributed by atoms with Crippen molar-refractivity contribution in [2.24, 2.45) is 0 Å². The summed E-state index contributed by atoms with van der Waals surface area (Å²) < 4.78 is 28.0. The van der Waals surface area contributed by atoms with E-state index in [1.54, 1.807) is 18.2 Å². The molecule has 0 amide bonds. The van der Waals surface area contributed by atoms with Crippen molar-refractivity contribution in [3.63, 3.8) is 0 Å². The van der Waals surface area contributed by atoms with Crippen LogP contribution in [0.15, 0.2) is 70.9 Å². The molecule has 7 heteroatoms. The van der Waals surface area contributed by atoms with Gasteiger partial charge in [-0.25, -0.2) is 8.42 Å². The lowest BCUT2D eigenvalue weighted by Gasteiger charge is -2.04. The number of hydrogen-bond donors (Lipinski definition) is 0. The molecule has 152 valence electrons. The molecule has 1 aromatic heterocycles. The van der Waals surface area contributed by atoms with Gasteiger partial charge in [-0.3, -0.25) is 9.36 Å². The second-order valence-corrected chi connectivity index (χ2v) is 9.71. The average Bonchev–Trinajstić information content (AvgIpc) is 3.00. The topological polar surface area (TPSA) is 79.9 Å². The molecule has 3 aromatic rings. The Bertz CT molecular complexity index is 1420. The van der Waals surface area contributed by atoms with Crippen LogP contribution in [0.25, 0.3) is 11.0 Å². The zero-order chi connectivity index (χ0) is 21.9. The summed E-state index contributed by atoms with van der Waals surface area (Å²) in [6.45, 7) is 7.56. The molecule has 0 bridgehead atoms. The molecule has 0 saturated heterocycles. The summed E-state index contributed by atoms with van der Waals surface area (Å²) in [6.07, 6.45) is 3.20. The first-order chi connectivity index (χ1) is 14.3. The van der Waals surface area contributed by atoms with Crippen LogP contribution in [0.2, 0.25) is 0 Å². The van der Waals surface area contributed by atoms with E-state index < -0.39 is 14.7 Å². The van der Waals surface area contributed by atoms with Crippen molar-refractivity contribution >= 4 is 32.2 Å². The van der Waals surface area contributed by atoms with Crippen LogP contribution in [0.1, 0.15) is 16.7 Å². The predicted octanol–water partition coefficient (Wildman–Crippen LogP) is 2.65. The number of hydrogen-bond acceptors (Lipinski definition) is 5. The van der Waals surface area contributed by atoms with Gasteiger partial charge in [-0.2, -0.15) is 5.26 Å². The summed E-state index contributed by atoms with van der Waals surface area (Å²) in [5, 5.41) is 9.73. The van der Waals surface area contributed by atoms with Crippen LogP contribution in [-0.2, 0) is 16.4 Å². The van der Waals surface area contributed by atoms with Crippen molar-refractivity contribution in [2.45, 2.75) is 25.3 Å². The zero-order valence-corrected chi connectivity index (χ0v) is 18.3. The highest BCUT2D eigenvalue weighted by Gasteiger charge is 2.24. The number of nitriles is 1. The molecular weight excluding hydrogens is 416 g/mol. The smallest absolute Gasteiger partial charge is 0.269 e. The lowest BCUT2D eigenvalue weighted by molar-refractivity contribution is 0.605. The number of thiazole rings is 1. The highest BCUT2D eigenvalue weighted by atomic mass is 32.2. The largest absolute Gasteiger partial charge is 0.293 e. The Kier molecular flexibility index (Phi) is 6.20. The fourth-order valence-electron chi connectivity index (χ4n) is 2.86. The lowest BCUT2D eigenvalue weighted by Crippen LogP contribution is -2.32. The van der Waals surface area contributed by atoms with Gasteiger partial charge in [0.15, 0.2) is 4.91 Å². The van der Waals surface area contributed by atoms with Gasteiger partial charge in [-0.15, -0.1) is 17.9 Å². The van der Waals surface area contributed by atoms with Crippen LogP contribution in [0.5, 0.6) is 0 Å². The SMILES string of the molecule is C=CCn1c(=O)/c(=C/c2ccc(C)cc2)s/c1=C(/C#N)S(=O)(=O)c1ccc(C)cc1. The number of benzene rings is 2. The van der Waals surface area contributed by atoms with Crippen molar-refractivity contribution in [1.82, 2.24) is 4.57 Å². The minimum atomic E-state index is -4.09. The van der Waals surface area contributed by atoms with E-state index >= 15 is 0 Å². The van der Waals surface area contributed by atoms with Gasteiger partial charge in [0.2, 0.25) is 9.84 Å². The van der Waals surface area contributed by atoms with Crippen LogP contribution in [0.3, 0.4) is 0 Å². The fourth-order valence-corrected chi connectivity index (χ4v) is 5.51. The highest BCUT2D eigenvalue weighted by Crippen LogP contribution is 2.19. The van der Waals surface area contributed by atoms with E-state index in [9.17, 15) is 18.5 Å². The number of sulfone groups is 1. The summed E-state index contributed by atoms with van der Waals surface area (Å²) >= 11 is 0.991. The Labute approximate surface area is 179 Å². The first kappa shape index (κ1) is 21.5. The molecule has 30 heavy (non-hydrogen) atoms. The monoisotopic (exact) mass is 436 g/mol. The maximum Gasteiger partial charge on any atom is 0.269 e. The summed E-state index contributed by atoms with van der Waals surface area (Å²) in [5.74, 6) is 0. The molecule has 5 nitrogen and oxygen atoms in total. The van der Waals surface area contributed by atoms with E-state index in [4.69, 9.17) is 0 Å². The lowest BCUT2D eigenvalue weighted by atomic mass is 10.1. The number of aryl methyl sites for hydroxylation is 2. The van der Waals surface area contributed by atoms with Crippen molar-refractivity contribution in [1.29, 1.82) is 5.26 Å². The molecule has 0 N–H and O–H groups in total. The molecule has 0 fully saturated rings. The Morgan fingerprint density at radius 3 is 2.20 bits per heavy atom. The van der Waals surface area contributed by atoms with Crippen LogP contribution in [0, 0.1) is 25.2 Å². The predicted molar refractivity (Wildman–Crippen MR) is 120 cm³/mol. The zero-order valence-electron chi connectivity index (χ0n) is 16.6. The highest BCUT2D eigenvalue weighted by molar-refractivity contribution is 8.00. The molecule has 0 aliphatic carbocycles. The van der Waals surface area contributed by atoms with E-state index in [-0.39, 0.29) is 21.7 Å². The van der Waals surface area contributed by atoms with Gasteiger partial charge in [0.25, 0.3) is 5.56 Å². The Hall–Kier alpha value is -3.21. The second kappa shape index (κ2) is 8.66. The van der Waals surface area contributed by atoms with E-state index in [1.165, 1.54) is 22.8 Å². The van der Waals surface area contributed by atoms with E-state index in [2.05, 4.69) is 6.58 Å². The van der Waals surface area contributed by atoms with Crippen molar-refractivity contribution in [2.75, 3.05) is 0 Å². The molecule has 2 aromatic carbocycles. The van der Waals surface area contributed by atoms with Gasteiger partial charge in [0.05, 0.1) is 9.43 Å². The maximum absolute atomic E-state index is 13.1. The van der Waals surface area contributed by atoms with Crippen LogP contribution >= 0.6 is 11.3 Å². The quantitative estimate of drug-likeness (QED) is 0.576. The summed E-state index contributed by atoms with van der Waals surface area (Å²) in [5.41, 5.74) is 2.45. The molecule has 0 atom stereocenters. The third-order valence-corrected chi connectivity index (χ3v) is 7.46. The van der Waals surface area contributed by atoms with E-state index in [0.717, 1.165) is 28.0 Å². The van der Waals surface area contributed by atoms with Gasteiger partial charge < -0.3 is 0 Å². The average molecular weight is 437 g/mol. The molecule has 0 unspecified atom stereocenters. The summed E-state index contributed by atoms with van der Waals surface area (Å²) in [6, 6.07) is 15.7. The maximum atomic E-state index is 13.1. The van der Waals surface area contributed by atoms with Crippen LogP contribution < -0.4 is 14.8 Å². The molecule has 0 saturated carbocycles. The molecule has 0 spiro atoms.